The van der Waals surface area contributed by atoms with Gasteiger partial charge in [0.25, 0.3) is 0 Å². The molecule has 0 aliphatic carbocycles. The average Bonchev–Trinajstić information content (AvgIpc) is 2.74. The summed E-state index contributed by atoms with van der Waals surface area (Å²) in [5.74, 6) is -0.708. The van der Waals surface area contributed by atoms with Gasteiger partial charge in [0.1, 0.15) is 5.75 Å². The maximum absolute atomic E-state index is 11.6. The van der Waals surface area contributed by atoms with Crippen molar-refractivity contribution in [3.63, 3.8) is 0 Å². The maximum atomic E-state index is 11.6. The lowest BCUT2D eigenvalue weighted by Gasteiger charge is -2.03. The minimum Gasteiger partial charge on any atom is -0.517 e. The highest BCUT2D eigenvalue weighted by Gasteiger charge is 2.16. The lowest BCUT2D eigenvalue weighted by molar-refractivity contribution is 0.0517. The molecule has 2 aromatic rings. The van der Waals surface area contributed by atoms with E-state index >= 15 is 0 Å². The molecular weight excluding hydrogens is 222 g/mol. The minimum absolute atomic E-state index is 0.0472. The quantitative estimate of drug-likeness (QED) is 0.631. The van der Waals surface area contributed by atoms with E-state index in [2.05, 4.69) is 9.94 Å². The average molecular weight is 231 g/mol. The van der Waals surface area contributed by atoms with Gasteiger partial charge in [0.2, 0.25) is 5.69 Å². The van der Waals surface area contributed by atoms with Gasteiger partial charge >= 0.3 is 5.97 Å². The first-order valence-electron chi connectivity index (χ1n) is 4.93. The number of rotatable bonds is 2. The summed E-state index contributed by atoms with van der Waals surface area (Å²) in [6, 6.07) is 3.01. The van der Waals surface area contributed by atoms with Crippen molar-refractivity contribution in [1.29, 1.82) is 0 Å². The summed E-state index contributed by atoms with van der Waals surface area (Å²) in [4.78, 5) is 14.7. The topological polar surface area (TPSA) is 68.2 Å². The Hall–Kier alpha value is -2.55. The van der Waals surface area contributed by atoms with E-state index < -0.39 is 5.97 Å². The molecule has 0 aromatic carbocycles. The normalized spacial score (nSPS) is 10.1. The van der Waals surface area contributed by atoms with Gasteiger partial charge in [-0.15, -0.1) is 0 Å². The van der Waals surface area contributed by atoms with Gasteiger partial charge in [0, 0.05) is 0 Å². The Balaban J connectivity index is 2.60. The van der Waals surface area contributed by atoms with Gasteiger partial charge in [-0.3, -0.25) is 0 Å². The molecule has 0 unspecified atom stereocenters. The first-order chi connectivity index (χ1) is 8.19. The molecule has 0 saturated heterocycles. The van der Waals surface area contributed by atoms with Crippen molar-refractivity contribution in [2.45, 2.75) is 6.92 Å². The van der Waals surface area contributed by atoms with Crippen molar-refractivity contribution >= 4 is 17.2 Å². The first kappa shape index (κ1) is 11.0. The Morgan fingerprint density at radius 2 is 2.41 bits per heavy atom. The van der Waals surface area contributed by atoms with Crippen LogP contribution in [0.25, 0.3) is 10.4 Å². The number of ether oxygens (including phenoxy) is 1. The summed E-state index contributed by atoms with van der Waals surface area (Å²) in [5.41, 5.74) is 0.571. The third-order valence-corrected chi connectivity index (χ3v) is 2.24. The number of aromatic nitrogens is 2. The number of aromatic hydroxyl groups is 1. The first-order valence-corrected chi connectivity index (χ1v) is 4.93. The minimum atomic E-state index is -0.519. The lowest BCUT2D eigenvalue weighted by atomic mass is 10.4. The van der Waals surface area contributed by atoms with Crippen molar-refractivity contribution in [3.8, 4) is 5.75 Å². The molecule has 0 saturated carbocycles. The number of hydrogen-bond acceptors (Lipinski definition) is 4. The fraction of sp³-hybridized carbons (Fsp3) is 0.182. The van der Waals surface area contributed by atoms with E-state index in [0.717, 1.165) is 0 Å². The van der Waals surface area contributed by atoms with Crippen LogP contribution in [0, 0.1) is 6.57 Å². The fourth-order valence-corrected chi connectivity index (χ4v) is 1.48. The molecule has 6 nitrogen and oxygen atoms in total. The van der Waals surface area contributed by atoms with Gasteiger partial charge < -0.3 is 9.84 Å². The standard InChI is InChI=1S/C11H9N3O3/c1-3-17-11(16)9-5-4-8-10(15)7(12-2)6-13-14(8)9/h4-6,15H,3H2,1H3. The van der Waals surface area contributed by atoms with Crippen molar-refractivity contribution in [2.24, 2.45) is 0 Å². The Morgan fingerprint density at radius 3 is 3.06 bits per heavy atom. The fourth-order valence-electron chi connectivity index (χ4n) is 1.48. The second-order valence-corrected chi connectivity index (χ2v) is 3.23. The third kappa shape index (κ3) is 1.67. The van der Waals surface area contributed by atoms with Crippen LogP contribution in [0.1, 0.15) is 17.4 Å². The Labute approximate surface area is 96.9 Å². The number of nitrogens with zero attached hydrogens (tertiary/aromatic N) is 3. The van der Waals surface area contributed by atoms with Gasteiger partial charge in [-0.2, -0.15) is 5.10 Å². The largest absolute Gasteiger partial charge is 0.517 e. The van der Waals surface area contributed by atoms with Gasteiger partial charge in [-0.25, -0.2) is 14.2 Å². The lowest BCUT2D eigenvalue weighted by Crippen LogP contribution is -2.09. The number of carbonyl (C=O) groups is 1. The van der Waals surface area contributed by atoms with Crippen molar-refractivity contribution < 1.29 is 14.6 Å². The Morgan fingerprint density at radius 1 is 1.65 bits per heavy atom. The highest BCUT2D eigenvalue weighted by molar-refractivity contribution is 5.90. The van der Waals surface area contributed by atoms with Crippen LogP contribution in [-0.2, 0) is 4.74 Å². The highest BCUT2D eigenvalue weighted by Crippen LogP contribution is 2.30. The summed E-state index contributed by atoms with van der Waals surface area (Å²) in [5, 5.41) is 13.7. The summed E-state index contributed by atoms with van der Waals surface area (Å²) in [7, 11) is 0. The molecule has 0 aliphatic rings. The summed E-state index contributed by atoms with van der Waals surface area (Å²) in [6.45, 7) is 8.81. The van der Waals surface area contributed by atoms with Crippen LogP contribution in [0.5, 0.6) is 5.75 Å². The molecule has 2 rings (SSSR count). The van der Waals surface area contributed by atoms with Crippen molar-refractivity contribution in [2.75, 3.05) is 6.61 Å². The van der Waals surface area contributed by atoms with E-state index in [1.807, 2.05) is 0 Å². The van der Waals surface area contributed by atoms with Crippen molar-refractivity contribution in [3.05, 3.63) is 35.4 Å². The molecule has 0 amide bonds. The zero-order valence-corrected chi connectivity index (χ0v) is 9.04. The molecule has 1 N–H and O–H groups in total. The van der Waals surface area contributed by atoms with Crippen LogP contribution in [0.3, 0.4) is 0 Å². The van der Waals surface area contributed by atoms with Crippen molar-refractivity contribution in [1.82, 2.24) is 9.61 Å². The van der Waals surface area contributed by atoms with E-state index in [-0.39, 0.29) is 23.7 Å². The SMILES string of the molecule is [C-]#[N+]c1cnn2c(C(=O)OCC)ccc2c1O. The molecular formula is C11H9N3O3. The van der Waals surface area contributed by atoms with Crippen LogP contribution in [0.2, 0.25) is 0 Å². The Kier molecular flexibility index (Phi) is 2.66. The van der Waals surface area contributed by atoms with E-state index in [1.54, 1.807) is 6.92 Å². The molecule has 0 bridgehead atoms. The third-order valence-electron chi connectivity index (χ3n) is 2.24. The van der Waals surface area contributed by atoms with Gasteiger partial charge in [0.15, 0.2) is 5.69 Å². The number of fused-ring (bicyclic) bond motifs is 1. The van der Waals surface area contributed by atoms with Gasteiger partial charge in [-0.05, 0) is 19.1 Å². The van der Waals surface area contributed by atoms with E-state index in [4.69, 9.17) is 11.3 Å². The summed E-state index contributed by atoms with van der Waals surface area (Å²) in [6.07, 6.45) is 1.21. The molecule has 0 radical (unpaired) electrons. The molecule has 86 valence electrons. The van der Waals surface area contributed by atoms with Crippen LogP contribution in [0.15, 0.2) is 18.3 Å². The highest BCUT2D eigenvalue weighted by atomic mass is 16.5. The number of carbonyl (C=O) groups excluding carboxylic acids is 1. The monoisotopic (exact) mass is 231 g/mol. The summed E-state index contributed by atoms with van der Waals surface area (Å²) >= 11 is 0. The number of esters is 1. The smallest absolute Gasteiger partial charge is 0.356 e. The molecule has 17 heavy (non-hydrogen) atoms. The second-order valence-electron chi connectivity index (χ2n) is 3.23. The van der Waals surface area contributed by atoms with Gasteiger partial charge in [0.05, 0.1) is 24.9 Å². The van der Waals surface area contributed by atoms with Crippen LogP contribution in [-0.4, -0.2) is 27.3 Å². The Bertz CT molecular complexity index is 625. The molecule has 6 heteroatoms. The maximum Gasteiger partial charge on any atom is 0.356 e. The van der Waals surface area contributed by atoms with E-state index in [1.165, 1.54) is 22.8 Å². The van der Waals surface area contributed by atoms with Crippen LogP contribution < -0.4 is 0 Å². The molecule has 0 aliphatic heterocycles. The molecule has 0 spiro atoms. The summed E-state index contributed by atoms with van der Waals surface area (Å²) < 4.78 is 6.10. The molecule has 2 aromatic heterocycles. The van der Waals surface area contributed by atoms with Crippen LogP contribution in [0.4, 0.5) is 5.69 Å². The number of hydrogen-bond donors (Lipinski definition) is 1. The second kappa shape index (κ2) is 4.14. The van der Waals surface area contributed by atoms with E-state index in [0.29, 0.717) is 5.52 Å². The molecule has 0 atom stereocenters. The molecule has 0 fully saturated rings. The molecule has 2 heterocycles. The zero-order chi connectivity index (χ0) is 12.4. The van der Waals surface area contributed by atoms with Crippen LogP contribution >= 0.6 is 0 Å². The zero-order valence-electron chi connectivity index (χ0n) is 9.04. The van der Waals surface area contributed by atoms with E-state index in [9.17, 15) is 9.90 Å². The van der Waals surface area contributed by atoms with Gasteiger partial charge in [-0.1, -0.05) is 0 Å². The predicted octanol–water partition coefficient (Wildman–Crippen LogP) is 1.77. The predicted molar refractivity (Wildman–Crippen MR) is 59.1 cm³/mol.